The smallest absolute Gasteiger partial charge is 0.241 e. The highest BCUT2D eigenvalue weighted by Crippen LogP contribution is 2.43. The summed E-state index contributed by atoms with van der Waals surface area (Å²) in [6, 6.07) is 58.1. The lowest BCUT2D eigenvalue weighted by Gasteiger charge is -2.14. The van der Waals surface area contributed by atoms with Crippen molar-refractivity contribution in [3.8, 4) is 23.5 Å². The number of para-hydroxylation sites is 6. The van der Waals surface area contributed by atoms with E-state index < -0.39 is 0 Å². The molecule has 13 rings (SSSR count). The zero-order valence-electron chi connectivity index (χ0n) is 31.3. The minimum absolute atomic E-state index is 0.553. The largest absolute Gasteiger partial charge is 0.309 e. The third kappa shape index (κ3) is 4.24. The number of allylic oxidation sites excluding steroid dienone is 1. The Hall–Kier alpha value is -7.77. The molecule has 7 heteroatoms. The fourth-order valence-corrected chi connectivity index (χ4v) is 9.75. The number of rotatable bonds is 4. The molecule has 7 nitrogen and oxygen atoms in total. The van der Waals surface area contributed by atoms with Crippen molar-refractivity contribution >= 4 is 82.4 Å². The highest BCUT2D eigenvalue weighted by atomic mass is 15.3. The number of hydrogen-bond donors (Lipinski definition) is 0. The van der Waals surface area contributed by atoms with Gasteiger partial charge in [-0.25, -0.2) is 0 Å². The summed E-state index contributed by atoms with van der Waals surface area (Å²) in [5, 5.41) is 8.21. The molecule has 0 saturated heterocycles. The summed E-state index contributed by atoms with van der Waals surface area (Å²) in [7, 11) is 0. The van der Waals surface area contributed by atoms with E-state index in [0.717, 1.165) is 78.6 Å². The van der Waals surface area contributed by atoms with Gasteiger partial charge in [0.2, 0.25) is 17.8 Å². The molecule has 0 aliphatic heterocycles. The SMILES string of the molecule is C1=Cc2c(c3ccc4c(c5ccccc5n4-c4nc(-n5c6ccccc6c6ccccc65)nc(-n5c6ccccc6c6ccccc65)n4)c3n2-c2ccccc2)CC1. The maximum absolute atomic E-state index is 5.49. The van der Waals surface area contributed by atoms with E-state index in [1.807, 2.05) is 0 Å². The van der Waals surface area contributed by atoms with Crippen LogP contribution in [0.3, 0.4) is 0 Å². The summed E-state index contributed by atoms with van der Waals surface area (Å²) in [5.41, 5.74) is 11.2. The van der Waals surface area contributed by atoms with Crippen molar-refractivity contribution in [1.29, 1.82) is 0 Å². The number of fused-ring (bicyclic) bond motifs is 13. The van der Waals surface area contributed by atoms with Crippen LogP contribution in [0.5, 0.6) is 0 Å². The molecule has 0 amide bonds. The van der Waals surface area contributed by atoms with Crippen molar-refractivity contribution in [3.05, 3.63) is 181 Å². The van der Waals surface area contributed by atoms with Crippen LogP contribution in [0, 0.1) is 0 Å². The van der Waals surface area contributed by atoms with E-state index in [1.165, 1.54) is 27.5 Å². The summed E-state index contributed by atoms with van der Waals surface area (Å²) in [6.07, 6.45) is 6.64. The van der Waals surface area contributed by atoms with Crippen LogP contribution in [0.15, 0.2) is 170 Å². The maximum Gasteiger partial charge on any atom is 0.241 e. The van der Waals surface area contributed by atoms with Gasteiger partial charge in [0.15, 0.2) is 0 Å². The van der Waals surface area contributed by atoms with Crippen LogP contribution in [0.1, 0.15) is 17.7 Å². The predicted octanol–water partition coefficient (Wildman–Crippen LogP) is 12.1. The minimum atomic E-state index is 0.553. The zero-order valence-corrected chi connectivity index (χ0v) is 31.3. The summed E-state index contributed by atoms with van der Waals surface area (Å²) in [6.45, 7) is 0. The van der Waals surface area contributed by atoms with Gasteiger partial charge in [0.25, 0.3) is 0 Å². The Bertz CT molecular complexity index is 3450. The van der Waals surface area contributed by atoms with Crippen LogP contribution in [-0.2, 0) is 6.42 Å². The van der Waals surface area contributed by atoms with Gasteiger partial charge in [-0.1, -0.05) is 121 Å². The van der Waals surface area contributed by atoms with Gasteiger partial charge in [-0.15, -0.1) is 0 Å². The molecule has 1 aliphatic carbocycles. The first kappa shape index (κ1) is 31.4. The van der Waals surface area contributed by atoms with Gasteiger partial charge in [0.1, 0.15) is 0 Å². The van der Waals surface area contributed by atoms with Crippen molar-refractivity contribution in [2.24, 2.45) is 0 Å². The molecule has 0 N–H and O–H groups in total. The van der Waals surface area contributed by atoms with E-state index in [0.29, 0.717) is 17.8 Å². The summed E-state index contributed by atoms with van der Waals surface area (Å²) in [4.78, 5) is 16.4. The molecule has 0 unspecified atom stereocenters. The Morgan fingerprint density at radius 2 is 0.793 bits per heavy atom. The summed E-state index contributed by atoms with van der Waals surface area (Å²) >= 11 is 0. The maximum atomic E-state index is 5.49. The van der Waals surface area contributed by atoms with Gasteiger partial charge < -0.3 is 4.57 Å². The van der Waals surface area contributed by atoms with E-state index in [4.69, 9.17) is 15.0 Å². The highest BCUT2D eigenvalue weighted by Gasteiger charge is 2.26. The molecular formula is C51H33N7. The third-order valence-electron chi connectivity index (χ3n) is 12.1. The Morgan fingerprint density at radius 1 is 0.362 bits per heavy atom. The van der Waals surface area contributed by atoms with E-state index in [2.05, 4.69) is 194 Å². The quantitative estimate of drug-likeness (QED) is 0.180. The average Bonchev–Trinajstić information content (AvgIpc) is 4.01. The standard InChI is InChI=1S/C51H33N7/c1-2-16-32(17-3-1)55-40-24-10-8-22-37(40)38-30-31-46-47(48(38)55)39-23-9-15-29-45(39)58(46)51-53-49(56-41-25-11-4-18-33(41)34-19-5-12-26-42(34)56)52-50(54-51)57-43-27-13-6-20-35(43)36-21-7-14-28-44(36)57/h1-7,9-21,23-31H,8,22H2. The zero-order chi connectivity index (χ0) is 37.9. The fraction of sp³-hybridized carbons (Fsp3) is 0.0392. The van der Waals surface area contributed by atoms with Crippen LogP contribution in [-0.4, -0.2) is 33.2 Å². The van der Waals surface area contributed by atoms with Crippen LogP contribution in [0.2, 0.25) is 0 Å². The summed E-state index contributed by atoms with van der Waals surface area (Å²) < 4.78 is 9.10. The van der Waals surface area contributed by atoms with Gasteiger partial charge in [-0.2, -0.15) is 15.0 Å². The van der Waals surface area contributed by atoms with Gasteiger partial charge in [-0.3, -0.25) is 13.7 Å². The number of aryl methyl sites for hydroxylation is 1. The number of aromatic nitrogens is 7. The first-order chi connectivity index (χ1) is 28.8. The predicted molar refractivity (Wildman–Crippen MR) is 237 cm³/mol. The molecule has 1 aliphatic rings. The molecule has 7 aromatic carbocycles. The Balaban J connectivity index is 1.19. The van der Waals surface area contributed by atoms with Crippen LogP contribution in [0.4, 0.5) is 0 Å². The highest BCUT2D eigenvalue weighted by molar-refractivity contribution is 6.22. The number of hydrogen-bond acceptors (Lipinski definition) is 3. The van der Waals surface area contributed by atoms with Gasteiger partial charge >= 0.3 is 0 Å². The molecule has 5 aromatic heterocycles. The fourth-order valence-electron chi connectivity index (χ4n) is 9.75. The van der Waals surface area contributed by atoms with E-state index in [-0.39, 0.29) is 0 Å². The Labute approximate surface area is 332 Å². The third-order valence-corrected chi connectivity index (χ3v) is 12.1. The normalized spacial score (nSPS) is 13.0. The van der Waals surface area contributed by atoms with Crippen molar-refractivity contribution in [1.82, 2.24) is 33.2 Å². The first-order valence-electron chi connectivity index (χ1n) is 19.9. The lowest BCUT2D eigenvalue weighted by atomic mass is 10.00. The molecule has 12 aromatic rings. The van der Waals surface area contributed by atoms with Crippen molar-refractivity contribution in [2.75, 3.05) is 0 Å². The lowest BCUT2D eigenvalue weighted by molar-refractivity contribution is 0.848. The molecule has 0 saturated carbocycles. The molecule has 0 fully saturated rings. The van der Waals surface area contributed by atoms with Crippen molar-refractivity contribution < 1.29 is 0 Å². The van der Waals surface area contributed by atoms with E-state index >= 15 is 0 Å². The summed E-state index contributed by atoms with van der Waals surface area (Å²) in [5.74, 6) is 1.66. The van der Waals surface area contributed by atoms with Gasteiger partial charge in [-0.05, 0) is 73.0 Å². The average molecular weight is 744 g/mol. The Kier molecular flexibility index (Phi) is 6.43. The van der Waals surface area contributed by atoms with Gasteiger partial charge in [0.05, 0.1) is 38.6 Å². The van der Waals surface area contributed by atoms with Crippen LogP contribution >= 0.6 is 0 Å². The monoisotopic (exact) mass is 743 g/mol. The van der Waals surface area contributed by atoms with E-state index in [9.17, 15) is 0 Å². The molecule has 0 bridgehead atoms. The van der Waals surface area contributed by atoms with Gasteiger partial charge in [0, 0.05) is 49.1 Å². The Morgan fingerprint density at radius 3 is 1.31 bits per heavy atom. The number of nitrogens with zero attached hydrogens (tertiary/aromatic N) is 7. The second-order valence-electron chi connectivity index (χ2n) is 15.2. The second-order valence-corrected chi connectivity index (χ2v) is 15.2. The molecule has 0 atom stereocenters. The van der Waals surface area contributed by atoms with Crippen LogP contribution < -0.4 is 0 Å². The number of benzene rings is 7. The second kappa shape index (κ2) is 11.9. The minimum Gasteiger partial charge on any atom is -0.309 e. The topological polar surface area (TPSA) is 58.4 Å². The molecule has 0 spiro atoms. The lowest BCUT2D eigenvalue weighted by Crippen LogP contribution is -2.13. The van der Waals surface area contributed by atoms with Crippen molar-refractivity contribution in [3.63, 3.8) is 0 Å². The molecule has 272 valence electrons. The molecule has 58 heavy (non-hydrogen) atoms. The molecule has 0 radical (unpaired) electrons. The first-order valence-corrected chi connectivity index (χ1v) is 19.9. The van der Waals surface area contributed by atoms with Crippen LogP contribution in [0.25, 0.3) is 106 Å². The van der Waals surface area contributed by atoms with E-state index in [1.54, 1.807) is 0 Å². The molecular weight excluding hydrogens is 711 g/mol. The molecule has 5 heterocycles. The van der Waals surface area contributed by atoms with Crippen molar-refractivity contribution in [2.45, 2.75) is 12.8 Å².